The summed E-state index contributed by atoms with van der Waals surface area (Å²) in [6.45, 7) is 4.92. The van der Waals surface area contributed by atoms with Crippen molar-refractivity contribution in [1.29, 1.82) is 0 Å². The molecule has 0 bridgehead atoms. The molecule has 3 nitrogen and oxygen atoms in total. The van der Waals surface area contributed by atoms with Crippen LogP contribution in [0.4, 0.5) is 5.69 Å². The van der Waals surface area contributed by atoms with Gasteiger partial charge in [0.2, 0.25) is 5.91 Å². The fourth-order valence-corrected chi connectivity index (χ4v) is 2.06. The molecule has 0 aliphatic heterocycles. The maximum absolute atomic E-state index is 11.4. The van der Waals surface area contributed by atoms with E-state index in [4.69, 9.17) is 5.73 Å². The van der Waals surface area contributed by atoms with Crippen molar-refractivity contribution in [2.75, 3.05) is 18.0 Å². The molecule has 1 amide bonds. The molecule has 4 heteroatoms. The van der Waals surface area contributed by atoms with E-state index in [0.29, 0.717) is 11.7 Å². The number of nitrogens with one attached hydrogen (secondary N) is 1. The molecule has 0 heterocycles. The second-order valence-electron chi connectivity index (χ2n) is 4.43. The minimum atomic E-state index is 0.110. The van der Waals surface area contributed by atoms with Crippen LogP contribution in [0.25, 0.3) is 0 Å². The second-order valence-corrected chi connectivity index (χ2v) is 5.42. The van der Waals surface area contributed by atoms with Crippen molar-refractivity contribution >= 4 is 23.4 Å². The quantitative estimate of drug-likeness (QED) is 0.764. The summed E-state index contributed by atoms with van der Waals surface area (Å²) in [6.07, 6.45) is 0. The molecule has 1 rings (SSSR count). The van der Waals surface area contributed by atoms with Crippen LogP contribution in [0.5, 0.6) is 0 Å². The Morgan fingerprint density at radius 3 is 2.59 bits per heavy atom. The number of hydrogen-bond donors (Lipinski definition) is 2. The van der Waals surface area contributed by atoms with Crippen molar-refractivity contribution in [2.24, 2.45) is 5.92 Å². The Hall–Kier alpha value is -1.16. The Labute approximate surface area is 107 Å². The number of benzene rings is 1. The van der Waals surface area contributed by atoms with Crippen LogP contribution in [0.15, 0.2) is 24.3 Å². The van der Waals surface area contributed by atoms with Gasteiger partial charge in [0, 0.05) is 18.0 Å². The van der Waals surface area contributed by atoms with Crippen molar-refractivity contribution in [3.05, 3.63) is 29.8 Å². The number of hydrogen-bond acceptors (Lipinski definition) is 3. The summed E-state index contributed by atoms with van der Waals surface area (Å²) in [5, 5.41) is 2.90. The first kappa shape index (κ1) is 13.9. The van der Waals surface area contributed by atoms with Crippen LogP contribution in [0, 0.1) is 5.92 Å². The molecular formula is C13H20N2OS. The molecule has 0 radical (unpaired) electrons. The van der Waals surface area contributed by atoms with E-state index >= 15 is 0 Å². The van der Waals surface area contributed by atoms with Gasteiger partial charge in [0.05, 0.1) is 5.75 Å². The number of carbonyl (C=O) groups excluding carboxylic acids is 1. The molecule has 0 unspecified atom stereocenters. The van der Waals surface area contributed by atoms with Crippen LogP contribution in [0.1, 0.15) is 19.4 Å². The SMILES string of the molecule is CC(C)CNC(=O)CSCc1ccc(N)cc1. The highest BCUT2D eigenvalue weighted by molar-refractivity contribution is 7.99. The van der Waals surface area contributed by atoms with Crippen LogP contribution in [0.2, 0.25) is 0 Å². The lowest BCUT2D eigenvalue weighted by molar-refractivity contribution is -0.118. The summed E-state index contributed by atoms with van der Waals surface area (Å²) in [4.78, 5) is 11.4. The smallest absolute Gasteiger partial charge is 0.230 e. The summed E-state index contributed by atoms with van der Waals surface area (Å²) in [5.74, 6) is 1.96. The average molecular weight is 252 g/mol. The fraction of sp³-hybridized carbons (Fsp3) is 0.462. The lowest BCUT2D eigenvalue weighted by Gasteiger charge is -2.07. The van der Waals surface area contributed by atoms with E-state index < -0.39 is 0 Å². The molecule has 1 aromatic rings. The zero-order chi connectivity index (χ0) is 12.7. The Balaban J connectivity index is 2.19. The first-order valence-electron chi connectivity index (χ1n) is 5.77. The molecule has 0 spiro atoms. The number of anilines is 1. The van der Waals surface area contributed by atoms with Crippen LogP contribution >= 0.6 is 11.8 Å². The Morgan fingerprint density at radius 1 is 1.35 bits per heavy atom. The predicted molar refractivity (Wildman–Crippen MR) is 74.9 cm³/mol. The van der Waals surface area contributed by atoms with Crippen molar-refractivity contribution in [3.63, 3.8) is 0 Å². The molecule has 0 aromatic heterocycles. The molecule has 0 saturated carbocycles. The zero-order valence-electron chi connectivity index (χ0n) is 10.4. The summed E-state index contributed by atoms with van der Waals surface area (Å²) < 4.78 is 0. The van der Waals surface area contributed by atoms with Crippen molar-refractivity contribution in [1.82, 2.24) is 5.32 Å². The summed E-state index contributed by atoms with van der Waals surface area (Å²) in [5.41, 5.74) is 7.57. The van der Waals surface area contributed by atoms with Gasteiger partial charge in [-0.1, -0.05) is 26.0 Å². The maximum atomic E-state index is 11.4. The van der Waals surface area contributed by atoms with Gasteiger partial charge in [0.15, 0.2) is 0 Å². The number of rotatable bonds is 6. The van der Waals surface area contributed by atoms with Gasteiger partial charge in [-0.05, 0) is 23.6 Å². The highest BCUT2D eigenvalue weighted by Crippen LogP contribution is 2.13. The van der Waals surface area contributed by atoms with Gasteiger partial charge in [-0.15, -0.1) is 11.8 Å². The Kier molecular flexibility index (Phi) is 5.91. The predicted octanol–water partition coefficient (Wildman–Crippen LogP) is 2.27. The third-order valence-electron chi connectivity index (χ3n) is 2.19. The molecule has 94 valence electrons. The van der Waals surface area contributed by atoms with E-state index in [1.165, 1.54) is 5.56 Å². The monoisotopic (exact) mass is 252 g/mol. The van der Waals surface area contributed by atoms with Gasteiger partial charge in [0.25, 0.3) is 0 Å². The van der Waals surface area contributed by atoms with Crippen molar-refractivity contribution in [3.8, 4) is 0 Å². The van der Waals surface area contributed by atoms with Gasteiger partial charge >= 0.3 is 0 Å². The van der Waals surface area contributed by atoms with Gasteiger partial charge in [-0.3, -0.25) is 4.79 Å². The molecule has 0 aliphatic carbocycles. The van der Waals surface area contributed by atoms with E-state index in [9.17, 15) is 4.79 Å². The van der Waals surface area contributed by atoms with E-state index in [2.05, 4.69) is 19.2 Å². The Morgan fingerprint density at radius 2 is 2.00 bits per heavy atom. The molecule has 17 heavy (non-hydrogen) atoms. The zero-order valence-corrected chi connectivity index (χ0v) is 11.2. The van der Waals surface area contributed by atoms with Crippen LogP contribution < -0.4 is 11.1 Å². The Bertz CT molecular complexity index is 349. The van der Waals surface area contributed by atoms with E-state index in [0.717, 1.165) is 18.0 Å². The lowest BCUT2D eigenvalue weighted by atomic mass is 10.2. The normalized spacial score (nSPS) is 10.5. The van der Waals surface area contributed by atoms with E-state index in [-0.39, 0.29) is 5.91 Å². The van der Waals surface area contributed by atoms with Gasteiger partial charge < -0.3 is 11.1 Å². The van der Waals surface area contributed by atoms with Crippen molar-refractivity contribution in [2.45, 2.75) is 19.6 Å². The molecule has 0 fully saturated rings. The molecule has 3 N–H and O–H groups in total. The van der Waals surface area contributed by atoms with Crippen LogP contribution in [-0.2, 0) is 10.5 Å². The average Bonchev–Trinajstić information content (AvgIpc) is 2.29. The van der Waals surface area contributed by atoms with Gasteiger partial charge in [-0.2, -0.15) is 0 Å². The maximum Gasteiger partial charge on any atom is 0.230 e. The third-order valence-corrected chi connectivity index (χ3v) is 3.19. The summed E-state index contributed by atoms with van der Waals surface area (Å²) in [6, 6.07) is 7.76. The first-order chi connectivity index (χ1) is 8.08. The second kappa shape index (κ2) is 7.22. The van der Waals surface area contributed by atoms with E-state index in [1.54, 1.807) is 11.8 Å². The molecule has 0 atom stereocenters. The fourth-order valence-electron chi connectivity index (χ4n) is 1.24. The molecular weight excluding hydrogens is 232 g/mol. The topological polar surface area (TPSA) is 55.1 Å². The number of carbonyl (C=O) groups is 1. The van der Waals surface area contributed by atoms with Crippen LogP contribution in [0.3, 0.4) is 0 Å². The lowest BCUT2D eigenvalue weighted by Crippen LogP contribution is -2.28. The number of nitrogens with two attached hydrogens (primary N) is 1. The number of thioether (sulfide) groups is 1. The number of amides is 1. The minimum absolute atomic E-state index is 0.110. The highest BCUT2D eigenvalue weighted by Gasteiger charge is 2.02. The minimum Gasteiger partial charge on any atom is -0.399 e. The molecule has 0 aliphatic rings. The largest absolute Gasteiger partial charge is 0.399 e. The summed E-state index contributed by atoms with van der Waals surface area (Å²) >= 11 is 1.62. The number of nitrogen functional groups attached to an aromatic ring is 1. The molecule has 1 aromatic carbocycles. The van der Waals surface area contributed by atoms with Gasteiger partial charge in [0.1, 0.15) is 0 Å². The highest BCUT2D eigenvalue weighted by atomic mass is 32.2. The standard InChI is InChI=1S/C13H20N2OS/c1-10(2)7-15-13(16)9-17-8-11-3-5-12(14)6-4-11/h3-6,10H,7-9,14H2,1-2H3,(H,15,16). The summed E-state index contributed by atoms with van der Waals surface area (Å²) in [7, 11) is 0. The van der Waals surface area contributed by atoms with Gasteiger partial charge in [-0.25, -0.2) is 0 Å². The molecule has 0 saturated heterocycles. The van der Waals surface area contributed by atoms with Crippen molar-refractivity contribution < 1.29 is 4.79 Å². The third kappa shape index (κ3) is 6.22. The van der Waals surface area contributed by atoms with E-state index in [1.807, 2.05) is 24.3 Å². The van der Waals surface area contributed by atoms with Crippen LogP contribution in [-0.4, -0.2) is 18.2 Å². The first-order valence-corrected chi connectivity index (χ1v) is 6.92.